The Morgan fingerprint density at radius 1 is 1.30 bits per heavy atom. The van der Waals surface area contributed by atoms with Gasteiger partial charge in [-0.15, -0.1) is 6.42 Å². The molecule has 3 rings (SSSR count). The number of halogens is 1. The Morgan fingerprint density at radius 2 is 2.07 bits per heavy atom. The number of thioether (sulfide) groups is 1. The number of amides is 2. The summed E-state index contributed by atoms with van der Waals surface area (Å²) in [5.74, 6) is 2.91. The summed E-state index contributed by atoms with van der Waals surface area (Å²) in [6.45, 7) is 0.153. The van der Waals surface area contributed by atoms with Crippen LogP contribution < -0.4 is 9.47 Å². The second-order valence-corrected chi connectivity index (χ2v) is 8.22. The molecular formula is C22H15IN2O4S. The lowest BCUT2D eigenvalue weighted by Crippen LogP contribution is -2.28. The van der Waals surface area contributed by atoms with Gasteiger partial charge in [-0.05, 0) is 64.2 Å². The van der Waals surface area contributed by atoms with Crippen LogP contribution >= 0.6 is 34.4 Å². The number of terminal acetylenes is 1. The minimum Gasteiger partial charge on any atom is -0.493 e. The molecule has 0 spiro atoms. The molecule has 1 aliphatic rings. The smallest absolute Gasteiger partial charge is 0.294 e. The zero-order chi connectivity index (χ0) is 21.7. The normalized spacial score (nSPS) is 14.5. The molecule has 0 unspecified atom stereocenters. The van der Waals surface area contributed by atoms with Crippen molar-refractivity contribution in [2.75, 3.05) is 13.7 Å². The van der Waals surface area contributed by atoms with Crippen LogP contribution in [0.2, 0.25) is 0 Å². The minimum absolute atomic E-state index is 0.0557. The van der Waals surface area contributed by atoms with Crippen LogP contribution in [0.1, 0.15) is 16.7 Å². The summed E-state index contributed by atoms with van der Waals surface area (Å²) < 4.78 is 12.2. The second-order valence-electron chi connectivity index (χ2n) is 6.06. The van der Waals surface area contributed by atoms with E-state index >= 15 is 0 Å². The van der Waals surface area contributed by atoms with Crippen molar-refractivity contribution >= 4 is 51.6 Å². The molecule has 2 aromatic carbocycles. The molecule has 6 nitrogen and oxygen atoms in total. The molecule has 0 aromatic heterocycles. The maximum Gasteiger partial charge on any atom is 0.294 e. The number of carbonyl (C=O) groups is 2. The van der Waals surface area contributed by atoms with Crippen molar-refractivity contribution in [3.8, 4) is 29.9 Å². The van der Waals surface area contributed by atoms with Gasteiger partial charge in [0.15, 0.2) is 11.5 Å². The molecule has 1 heterocycles. The lowest BCUT2D eigenvalue weighted by atomic mass is 10.1. The Hall–Kier alpha value is -2.95. The summed E-state index contributed by atoms with van der Waals surface area (Å²) in [6.07, 6.45) is 6.85. The SMILES string of the molecule is C#CCN1C(=O)SC(=Cc2cc(I)c(OCc3ccccc3C#N)c(OC)c2)C1=O. The highest BCUT2D eigenvalue weighted by Crippen LogP contribution is 2.37. The molecule has 0 atom stereocenters. The van der Waals surface area contributed by atoms with Gasteiger partial charge in [-0.2, -0.15) is 5.26 Å². The van der Waals surface area contributed by atoms with Crippen molar-refractivity contribution < 1.29 is 19.1 Å². The number of rotatable bonds is 6. The highest BCUT2D eigenvalue weighted by atomic mass is 127. The number of hydrogen-bond acceptors (Lipinski definition) is 6. The van der Waals surface area contributed by atoms with Crippen molar-refractivity contribution in [1.82, 2.24) is 4.90 Å². The number of ether oxygens (including phenoxy) is 2. The van der Waals surface area contributed by atoms with E-state index in [1.165, 1.54) is 7.11 Å². The minimum atomic E-state index is -0.412. The number of nitrogens with zero attached hydrogens (tertiary/aromatic N) is 2. The lowest BCUT2D eigenvalue weighted by molar-refractivity contribution is -0.122. The van der Waals surface area contributed by atoms with Gasteiger partial charge in [-0.1, -0.05) is 24.1 Å². The third-order valence-corrected chi connectivity index (χ3v) is 5.89. The summed E-state index contributed by atoms with van der Waals surface area (Å²) in [5.41, 5.74) is 2.00. The van der Waals surface area contributed by atoms with Crippen molar-refractivity contribution in [2.24, 2.45) is 0 Å². The summed E-state index contributed by atoms with van der Waals surface area (Å²) in [7, 11) is 1.52. The molecule has 1 fully saturated rings. The van der Waals surface area contributed by atoms with E-state index in [1.807, 2.05) is 18.2 Å². The van der Waals surface area contributed by atoms with Crippen molar-refractivity contribution in [3.63, 3.8) is 0 Å². The molecule has 2 aromatic rings. The van der Waals surface area contributed by atoms with Gasteiger partial charge in [-0.25, -0.2) is 0 Å². The number of imide groups is 1. The van der Waals surface area contributed by atoms with E-state index in [9.17, 15) is 14.9 Å². The Bertz CT molecular complexity index is 1130. The molecule has 150 valence electrons. The molecule has 1 saturated heterocycles. The van der Waals surface area contributed by atoms with Crippen LogP contribution in [-0.2, 0) is 11.4 Å². The topological polar surface area (TPSA) is 79.6 Å². The highest BCUT2D eigenvalue weighted by molar-refractivity contribution is 14.1. The van der Waals surface area contributed by atoms with Crippen LogP contribution in [0.25, 0.3) is 6.08 Å². The van der Waals surface area contributed by atoms with Gasteiger partial charge >= 0.3 is 0 Å². The largest absolute Gasteiger partial charge is 0.493 e. The molecule has 1 aliphatic heterocycles. The standard InChI is InChI=1S/C22H15IN2O4S/c1-3-8-25-21(26)19(30-22(25)27)11-14-9-17(23)20(18(10-14)28-2)29-13-16-7-5-4-6-15(16)12-24/h1,4-7,9-11H,8,13H2,2H3. The van der Waals surface area contributed by atoms with E-state index in [0.29, 0.717) is 27.5 Å². The van der Waals surface area contributed by atoms with Gasteiger partial charge < -0.3 is 9.47 Å². The number of carbonyl (C=O) groups excluding carboxylic acids is 2. The Morgan fingerprint density at radius 3 is 2.77 bits per heavy atom. The molecular weight excluding hydrogens is 515 g/mol. The molecule has 0 N–H and O–H groups in total. The molecule has 30 heavy (non-hydrogen) atoms. The summed E-state index contributed by atoms with van der Waals surface area (Å²) in [4.78, 5) is 25.7. The first kappa shape index (κ1) is 21.8. The first-order valence-corrected chi connectivity index (χ1v) is 10.5. The van der Waals surface area contributed by atoms with Gasteiger partial charge in [0.1, 0.15) is 6.61 Å². The summed E-state index contributed by atoms with van der Waals surface area (Å²) >= 11 is 2.96. The average molecular weight is 530 g/mol. The van der Waals surface area contributed by atoms with E-state index in [2.05, 4.69) is 34.6 Å². The van der Waals surface area contributed by atoms with Gasteiger partial charge in [0.05, 0.1) is 33.8 Å². The molecule has 8 heteroatoms. The lowest BCUT2D eigenvalue weighted by Gasteiger charge is -2.14. The Kier molecular flexibility index (Phi) is 7.03. The van der Waals surface area contributed by atoms with E-state index in [-0.39, 0.29) is 18.4 Å². The van der Waals surface area contributed by atoms with Crippen molar-refractivity contribution in [1.29, 1.82) is 5.26 Å². The van der Waals surface area contributed by atoms with Gasteiger partial charge in [0.2, 0.25) is 0 Å². The fourth-order valence-corrected chi connectivity index (χ4v) is 4.37. The first-order valence-electron chi connectivity index (χ1n) is 8.65. The number of hydrogen-bond donors (Lipinski definition) is 0. The van der Waals surface area contributed by atoms with Gasteiger partial charge in [0, 0.05) is 5.56 Å². The fraction of sp³-hybridized carbons (Fsp3) is 0.136. The van der Waals surface area contributed by atoms with Crippen molar-refractivity contribution in [2.45, 2.75) is 6.61 Å². The second kappa shape index (κ2) is 9.70. The quantitative estimate of drug-likeness (QED) is 0.313. The summed E-state index contributed by atoms with van der Waals surface area (Å²) in [5, 5.41) is 8.84. The third kappa shape index (κ3) is 4.61. The van der Waals surface area contributed by atoms with Crippen LogP contribution in [-0.4, -0.2) is 29.7 Å². The highest BCUT2D eigenvalue weighted by Gasteiger charge is 2.34. The zero-order valence-electron chi connectivity index (χ0n) is 15.8. The Labute approximate surface area is 192 Å². The first-order chi connectivity index (χ1) is 14.5. The third-order valence-electron chi connectivity index (χ3n) is 4.18. The molecule has 0 bridgehead atoms. The monoisotopic (exact) mass is 530 g/mol. The molecule has 0 radical (unpaired) electrons. The van der Waals surface area contributed by atoms with E-state index in [0.717, 1.165) is 25.8 Å². The predicted octanol–water partition coefficient (Wildman–Crippen LogP) is 4.42. The van der Waals surface area contributed by atoms with E-state index in [1.54, 1.807) is 24.3 Å². The Balaban J connectivity index is 1.86. The van der Waals surface area contributed by atoms with Crippen molar-refractivity contribution in [3.05, 3.63) is 61.6 Å². The van der Waals surface area contributed by atoms with Crippen LogP contribution in [0.4, 0.5) is 4.79 Å². The maximum absolute atomic E-state index is 12.4. The van der Waals surface area contributed by atoms with E-state index in [4.69, 9.17) is 15.9 Å². The maximum atomic E-state index is 12.4. The fourth-order valence-electron chi connectivity index (χ4n) is 2.75. The van der Waals surface area contributed by atoms with Crippen LogP contribution in [0.15, 0.2) is 41.3 Å². The van der Waals surface area contributed by atoms with Crippen LogP contribution in [0.3, 0.4) is 0 Å². The summed E-state index contributed by atoms with van der Waals surface area (Å²) in [6, 6.07) is 12.9. The molecule has 0 aliphatic carbocycles. The number of nitriles is 1. The van der Waals surface area contributed by atoms with Crippen LogP contribution in [0, 0.1) is 27.2 Å². The molecule has 2 amide bonds. The number of methoxy groups -OCH3 is 1. The van der Waals surface area contributed by atoms with E-state index < -0.39 is 5.91 Å². The predicted molar refractivity (Wildman–Crippen MR) is 123 cm³/mol. The number of benzene rings is 2. The van der Waals surface area contributed by atoms with Gasteiger partial charge in [0.25, 0.3) is 11.1 Å². The molecule has 0 saturated carbocycles. The zero-order valence-corrected chi connectivity index (χ0v) is 18.8. The van der Waals surface area contributed by atoms with Gasteiger partial charge in [-0.3, -0.25) is 14.5 Å². The van der Waals surface area contributed by atoms with Crippen LogP contribution in [0.5, 0.6) is 11.5 Å². The average Bonchev–Trinajstić information content (AvgIpc) is 3.00.